The third kappa shape index (κ3) is 4.26. The van der Waals surface area contributed by atoms with Gasteiger partial charge in [-0.05, 0) is 56.7 Å². The fourth-order valence-corrected chi connectivity index (χ4v) is 3.01. The Balaban J connectivity index is 1.83. The molecule has 3 rings (SSSR count). The number of nitrogens with zero attached hydrogens (tertiary/aromatic N) is 1. The van der Waals surface area contributed by atoms with Crippen molar-refractivity contribution in [3.05, 3.63) is 58.8 Å². The molecular formula is C23H25NO5. The number of ether oxygens (including phenoxy) is 3. The van der Waals surface area contributed by atoms with E-state index in [1.807, 2.05) is 43.3 Å². The molecule has 0 amide bonds. The summed E-state index contributed by atoms with van der Waals surface area (Å²) in [4.78, 5) is 26.6. The molecule has 1 heterocycles. The Bertz CT molecular complexity index is 960. The van der Waals surface area contributed by atoms with Gasteiger partial charge in [-0.3, -0.25) is 4.79 Å². The maximum atomic E-state index is 12.7. The summed E-state index contributed by atoms with van der Waals surface area (Å²) >= 11 is 0. The van der Waals surface area contributed by atoms with Crippen LogP contribution in [0.25, 0.3) is 6.08 Å². The molecule has 2 aromatic rings. The van der Waals surface area contributed by atoms with Gasteiger partial charge in [0.1, 0.15) is 11.5 Å². The lowest BCUT2D eigenvalue weighted by Crippen LogP contribution is -2.26. The average molecular weight is 395 g/mol. The van der Waals surface area contributed by atoms with E-state index in [1.54, 1.807) is 39.0 Å². The van der Waals surface area contributed by atoms with Crippen LogP contribution in [-0.2, 0) is 9.53 Å². The molecule has 1 aliphatic rings. The van der Waals surface area contributed by atoms with Crippen LogP contribution in [0.3, 0.4) is 0 Å². The molecule has 1 unspecified atom stereocenters. The Morgan fingerprint density at radius 3 is 2.48 bits per heavy atom. The smallest absolute Gasteiger partial charge is 0.347 e. The maximum absolute atomic E-state index is 12.7. The quantitative estimate of drug-likeness (QED) is 0.544. The first-order valence-corrected chi connectivity index (χ1v) is 9.50. The monoisotopic (exact) mass is 395 g/mol. The molecule has 0 spiro atoms. The highest BCUT2D eigenvalue weighted by atomic mass is 16.6. The molecule has 0 aliphatic carbocycles. The van der Waals surface area contributed by atoms with E-state index in [0.29, 0.717) is 22.6 Å². The molecule has 2 aromatic carbocycles. The topological polar surface area (TPSA) is 65.1 Å². The fraction of sp³-hybridized carbons (Fsp3) is 0.304. The lowest BCUT2D eigenvalue weighted by Gasteiger charge is -2.16. The number of rotatable bonds is 6. The molecule has 0 bridgehead atoms. The van der Waals surface area contributed by atoms with Gasteiger partial charge in [0.2, 0.25) is 5.78 Å². The normalized spacial score (nSPS) is 14.9. The van der Waals surface area contributed by atoms with E-state index < -0.39 is 12.1 Å². The number of esters is 1. The minimum absolute atomic E-state index is 0.176. The van der Waals surface area contributed by atoms with Crippen molar-refractivity contribution in [2.45, 2.75) is 26.9 Å². The largest absolute Gasteiger partial charge is 0.479 e. The van der Waals surface area contributed by atoms with Crippen molar-refractivity contribution >= 4 is 23.5 Å². The Morgan fingerprint density at radius 1 is 1.17 bits per heavy atom. The van der Waals surface area contributed by atoms with Crippen LogP contribution in [-0.4, -0.2) is 38.6 Å². The second-order valence-corrected chi connectivity index (χ2v) is 7.00. The number of allylic oxidation sites excluding steroid dienone is 1. The van der Waals surface area contributed by atoms with Gasteiger partial charge in [0, 0.05) is 25.3 Å². The first-order chi connectivity index (χ1) is 13.8. The first kappa shape index (κ1) is 20.5. The van der Waals surface area contributed by atoms with Crippen LogP contribution in [0.4, 0.5) is 5.69 Å². The molecule has 0 aromatic heterocycles. The molecule has 29 heavy (non-hydrogen) atoms. The Morgan fingerprint density at radius 2 is 1.86 bits per heavy atom. The zero-order valence-electron chi connectivity index (χ0n) is 17.3. The van der Waals surface area contributed by atoms with Crippen molar-refractivity contribution in [2.75, 3.05) is 25.6 Å². The molecule has 1 atom stereocenters. The van der Waals surface area contributed by atoms with Crippen molar-refractivity contribution in [1.82, 2.24) is 0 Å². The lowest BCUT2D eigenvalue weighted by molar-refractivity contribution is -0.150. The Labute approximate surface area is 170 Å². The number of benzene rings is 2. The summed E-state index contributed by atoms with van der Waals surface area (Å²) in [6.45, 7) is 5.46. The van der Waals surface area contributed by atoms with E-state index in [2.05, 4.69) is 0 Å². The van der Waals surface area contributed by atoms with E-state index in [0.717, 1.165) is 11.3 Å². The number of carbonyl (C=O) groups is 2. The maximum Gasteiger partial charge on any atom is 0.347 e. The molecule has 0 radical (unpaired) electrons. The number of fused-ring (bicyclic) bond motifs is 1. The number of Topliss-reactive ketones (excluding diaryl/α,β-unsaturated/α-hetero) is 1. The number of hydrogen-bond donors (Lipinski definition) is 0. The highest BCUT2D eigenvalue weighted by Gasteiger charge is 2.30. The van der Waals surface area contributed by atoms with Crippen LogP contribution in [0, 0.1) is 6.92 Å². The fourth-order valence-electron chi connectivity index (χ4n) is 3.01. The van der Waals surface area contributed by atoms with Crippen molar-refractivity contribution in [1.29, 1.82) is 0 Å². The van der Waals surface area contributed by atoms with E-state index in [9.17, 15) is 9.59 Å². The summed E-state index contributed by atoms with van der Waals surface area (Å²) in [5.74, 6) is 0.584. The number of anilines is 1. The van der Waals surface area contributed by atoms with Crippen molar-refractivity contribution < 1.29 is 23.8 Å². The molecule has 0 saturated carbocycles. The summed E-state index contributed by atoms with van der Waals surface area (Å²) < 4.78 is 16.6. The predicted molar refractivity (Wildman–Crippen MR) is 112 cm³/mol. The van der Waals surface area contributed by atoms with E-state index in [-0.39, 0.29) is 18.1 Å². The standard InChI is InChI=1S/C23H25NO5/c1-6-27-23(26)15(3)28-19-12-11-18-21(25)20(29-22(18)14(19)2)13-16-7-9-17(10-8-16)24(4)5/h7-13,15H,6H2,1-5H3/b20-13-. The van der Waals surface area contributed by atoms with Crippen molar-refractivity contribution in [2.24, 2.45) is 0 Å². The van der Waals surface area contributed by atoms with E-state index in [4.69, 9.17) is 14.2 Å². The molecule has 0 fully saturated rings. The molecule has 152 valence electrons. The van der Waals surface area contributed by atoms with Gasteiger partial charge in [-0.15, -0.1) is 0 Å². The van der Waals surface area contributed by atoms with Gasteiger partial charge >= 0.3 is 5.97 Å². The van der Waals surface area contributed by atoms with Gasteiger partial charge in [0.05, 0.1) is 12.2 Å². The van der Waals surface area contributed by atoms with Crippen molar-refractivity contribution in [3.8, 4) is 11.5 Å². The summed E-state index contributed by atoms with van der Waals surface area (Å²) in [7, 11) is 3.94. The third-order valence-corrected chi connectivity index (χ3v) is 4.67. The molecule has 1 aliphatic heterocycles. The average Bonchev–Trinajstić information content (AvgIpc) is 3.01. The Kier molecular flexibility index (Phi) is 5.92. The first-order valence-electron chi connectivity index (χ1n) is 9.50. The van der Waals surface area contributed by atoms with Gasteiger partial charge in [-0.25, -0.2) is 4.79 Å². The molecule has 6 heteroatoms. The Hall–Kier alpha value is -3.28. The summed E-state index contributed by atoms with van der Waals surface area (Å²) in [6, 6.07) is 11.2. The van der Waals surface area contributed by atoms with Gasteiger partial charge in [-0.2, -0.15) is 0 Å². The van der Waals surface area contributed by atoms with Crippen molar-refractivity contribution in [3.63, 3.8) is 0 Å². The van der Waals surface area contributed by atoms with Gasteiger partial charge < -0.3 is 19.1 Å². The predicted octanol–water partition coefficient (Wildman–Crippen LogP) is 4.01. The van der Waals surface area contributed by atoms with Crippen LogP contribution < -0.4 is 14.4 Å². The molecule has 0 saturated heterocycles. The summed E-state index contributed by atoms with van der Waals surface area (Å²) in [5.41, 5.74) is 3.09. The minimum Gasteiger partial charge on any atom is -0.479 e. The second-order valence-electron chi connectivity index (χ2n) is 7.00. The van der Waals surface area contributed by atoms with E-state index in [1.165, 1.54) is 0 Å². The van der Waals surface area contributed by atoms with Crippen LogP contribution >= 0.6 is 0 Å². The number of carbonyl (C=O) groups excluding carboxylic acids is 2. The molecule has 6 nitrogen and oxygen atoms in total. The summed E-state index contributed by atoms with van der Waals surface area (Å²) in [5, 5.41) is 0. The zero-order chi connectivity index (χ0) is 21.1. The SMILES string of the molecule is CCOC(=O)C(C)Oc1ccc2c(c1C)O/C(=C\c1ccc(N(C)C)cc1)C2=O. The summed E-state index contributed by atoms with van der Waals surface area (Å²) in [6.07, 6.45) is 0.970. The second kappa shape index (κ2) is 8.39. The lowest BCUT2D eigenvalue weighted by atomic mass is 10.1. The zero-order valence-corrected chi connectivity index (χ0v) is 17.3. The molecule has 0 N–H and O–H groups in total. The number of ketones is 1. The van der Waals surface area contributed by atoms with Crippen LogP contribution in [0.15, 0.2) is 42.2 Å². The molecular weight excluding hydrogens is 370 g/mol. The number of hydrogen-bond acceptors (Lipinski definition) is 6. The highest BCUT2D eigenvalue weighted by Crippen LogP contribution is 2.39. The van der Waals surface area contributed by atoms with Crippen LogP contribution in [0.1, 0.15) is 35.3 Å². The van der Waals surface area contributed by atoms with E-state index >= 15 is 0 Å². The minimum atomic E-state index is -0.756. The van der Waals surface area contributed by atoms with Gasteiger partial charge in [0.15, 0.2) is 11.9 Å². The van der Waals surface area contributed by atoms with Gasteiger partial charge in [0.25, 0.3) is 0 Å². The highest BCUT2D eigenvalue weighted by molar-refractivity contribution is 6.15. The van der Waals surface area contributed by atoms with Gasteiger partial charge in [-0.1, -0.05) is 12.1 Å². The third-order valence-electron chi connectivity index (χ3n) is 4.67. The van der Waals surface area contributed by atoms with Crippen LogP contribution in [0.2, 0.25) is 0 Å². The van der Waals surface area contributed by atoms with Crippen LogP contribution in [0.5, 0.6) is 11.5 Å².